The van der Waals surface area contributed by atoms with Crippen molar-refractivity contribution >= 4 is 17.9 Å². The number of ether oxygens (including phenoxy) is 3. The average Bonchev–Trinajstić information content (AvgIpc) is 3.29. The van der Waals surface area contributed by atoms with Gasteiger partial charge in [0.15, 0.2) is 6.10 Å². The number of carbonyl (C=O) groups is 3. The number of rotatable bonds is 47. The van der Waals surface area contributed by atoms with Gasteiger partial charge in [-0.1, -0.05) is 215 Å². The highest BCUT2D eigenvalue weighted by Gasteiger charge is 2.19. The van der Waals surface area contributed by atoms with E-state index in [2.05, 4.69) is 106 Å². The predicted octanol–water partition coefficient (Wildman–Crippen LogP) is 17.6. The van der Waals surface area contributed by atoms with Gasteiger partial charge in [0.2, 0.25) is 0 Å². The molecule has 0 N–H and O–H groups in total. The number of unbranched alkanes of at least 4 members (excludes halogenated alkanes) is 22. The van der Waals surface area contributed by atoms with Crippen molar-refractivity contribution in [3.63, 3.8) is 0 Å². The molecule has 0 aromatic carbocycles. The van der Waals surface area contributed by atoms with Gasteiger partial charge in [0, 0.05) is 19.3 Å². The van der Waals surface area contributed by atoms with Gasteiger partial charge in [0.05, 0.1) is 0 Å². The van der Waals surface area contributed by atoms with E-state index < -0.39 is 6.10 Å². The number of allylic oxidation sites excluding steroid dienone is 14. The third-order valence-corrected chi connectivity index (χ3v) is 11.1. The quantitative estimate of drug-likeness (QED) is 0.0262. The van der Waals surface area contributed by atoms with E-state index in [-0.39, 0.29) is 31.1 Å². The minimum absolute atomic E-state index is 0.0929. The van der Waals surface area contributed by atoms with Gasteiger partial charge in [-0.15, -0.1) is 0 Å². The molecule has 366 valence electrons. The Bertz CT molecular complexity index is 1250. The summed E-state index contributed by atoms with van der Waals surface area (Å²) in [7, 11) is 0. The van der Waals surface area contributed by atoms with Gasteiger partial charge in [-0.2, -0.15) is 0 Å². The first-order valence-corrected chi connectivity index (χ1v) is 26.6. The fourth-order valence-electron chi connectivity index (χ4n) is 7.15. The van der Waals surface area contributed by atoms with E-state index in [4.69, 9.17) is 14.2 Å². The summed E-state index contributed by atoms with van der Waals surface area (Å²) >= 11 is 0. The van der Waals surface area contributed by atoms with Crippen LogP contribution in [-0.2, 0) is 28.6 Å². The molecule has 6 heteroatoms. The van der Waals surface area contributed by atoms with Crippen LogP contribution in [0.4, 0.5) is 0 Å². The molecule has 0 radical (unpaired) electrons. The second-order valence-electron chi connectivity index (χ2n) is 17.4. The normalized spacial score (nSPS) is 12.7. The summed E-state index contributed by atoms with van der Waals surface area (Å²) < 4.78 is 16.8. The van der Waals surface area contributed by atoms with Crippen molar-refractivity contribution < 1.29 is 28.6 Å². The highest BCUT2D eigenvalue weighted by Crippen LogP contribution is 2.14. The first kappa shape index (κ1) is 60.6. The number of carbonyl (C=O) groups excluding carboxylic acids is 3. The molecule has 64 heavy (non-hydrogen) atoms. The van der Waals surface area contributed by atoms with Crippen LogP contribution in [0.1, 0.15) is 245 Å². The zero-order valence-corrected chi connectivity index (χ0v) is 41.8. The first-order chi connectivity index (χ1) is 31.5. The molecule has 0 saturated carbocycles. The lowest BCUT2D eigenvalue weighted by Gasteiger charge is -2.18. The van der Waals surface area contributed by atoms with Crippen molar-refractivity contribution in [2.24, 2.45) is 0 Å². The van der Waals surface area contributed by atoms with Crippen LogP contribution in [0, 0.1) is 0 Å². The molecule has 0 aliphatic carbocycles. The molecule has 0 aliphatic rings. The molecule has 1 atom stereocenters. The van der Waals surface area contributed by atoms with E-state index in [1.807, 2.05) is 0 Å². The Morgan fingerprint density at radius 3 is 1.00 bits per heavy atom. The van der Waals surface area contributed by atoms with Crippen LogP contribution in [0.5, 0.6) is 0 Å². The van der Waals surface area contributed by atoms with Crippen molar-refractivity contribution in [2.45, 2.75) is 252 Å². The molecule has 0 rings (SSSR count). The summed E-state index contributed by atoms with van der Waals surface area (Å²) in [4.78, 5) is 38.0. The Morgan fingerprint density at radius 1 is 0.328 bits per heavy atom. The van der Waals surface area contributed by atoms with E-state index >= 15 is 0 Å². The van der Waals surface area contributed by atoms with Crippen molar-refractivity contribution in [1.82, 2.24) is 0 Å². The highest BCUT2D eigenvalue weighted by atomic mass is 16.6. The molecule has 0 amide bonds. The van der Waals surface area contributed by atoms with E-state index in [0.717, 1.165) is 122 Å². The third-order valence-electron chi connectivity index (χ3n) is 11.1. The van der Waals surface area contributed by atoms with E-state index in [1.54, 1.807) is 0 Å². The second kappa shape index (κ2) is 52.2. The molecule has 0 spiro atoms. The van der Waals surface area contributed by atoms with Crippen molar-refractivity contribution in [3.8, 4) is 0 Å². The minimum Gasteiger partial charge on any atom is -0.462 e. The zero-order valence-electron chi connectivity index (χ0n) is 41.8. The summed E-state index contributed by atoms with van der Waals surface area (Å²) in [6, 6.07) is 0. The summed E-state index contributed by atoms with van der Waals surface area (Å²) in [5, 5.41) is 0. The lowest BCUT2D eigenvalue weighted by atomic mass is 10.0. The Hall–Kier alpha value is -3.41. The molecule has 0 unspecified atom stereocenters. The van der Waals surface area contributed by atoms with Crippen LogP contribution in [-0.4, -0.2) is 37.2 Å². The predicted molar refractivity (Wildman–Crippen MR) is 274 cm³/mol. The molecule has 0 aromatic heterocycles. The molecule has 0 saturated heterocycles. The van der Waals surface area contributed by atoms with Crippen LogP contribution in [0.15, 0.2) is 85.1 Å². The largest absolute Gasteiger partial charge is 0.462 e. The van der Waals surface area contributed by atoms with Gasteiger partial charge < -0.3 is 14.2 Å². The summed E-state index contributed by atoms with van der Waals surface area (Å²) in [5.41, 5.74) is 0. The zero-order chi connectivity index (χ0) is 46.5. The lowest BCUT2D eigenvalue weighted by Crippen LogP contribution is -2.30. The first-order valence-electron chi connectivity index (χ1n) is 26.6. The molecular weight excluding hydrogens is 793 g/mol. The Labute approximate surface area is 395 Å². The summed E-state index contributed by atoms with van der Waals surface area (Å²) in [6.07, 6.45) is 67.0. The highest BCUT2D eigenvalue weighted by molar-refractivity contribution is 5.71. The number of hydrogen-bond acceptors (Lipinski definition) is 6. The Morgan fingerprint density at radius 2 is 0.609 bits per heavy atom. The van der Waals surface area contributed by atoms with Gasteiger partial charge in [-0.25, -0.2) is 0 Å². The van der Waals surface area contributed by atoms with Crippen molar-refractivity contribution in [2.75, 3.05) is 13.2 Å². The van der Waals surface area contributed by atoms with Crippen LogP contribution in [0.25, 0.3) is 0 Å². The van der Waals surface area contributed by atoms with Gasteiger partial charge in [0.25, 0.3) is 0 Å². The number of hydrogen-bond donors (Lipinski definition) is 0. The molecule has 0 bridgehead atoms. The topological polar surface area (TPSA) is 78.9 Å². The maximum atomic E-state index is 12.8. The second-order valence-corrected chi connectivity index (χ2v) is 17.4. The monoisotopic (exact) mass is 891 g/mol. The lowest BCUT2D eigenvalue weighted by molar-refractivity contribution is -0.167. The van der Waals surface area contributed by atoms with Crippen LogP contribution < -0.4 is 0 Å². The molecule has 0 aromatic rings. The maximum Gasteiger partial charge on any atom is 0.306 e. The van der Waals surface area contributed by atoms with Crippen LogP contribution in [0.2, 0.25) is 0 Å². The van der Waals surface area contributed by atoms with Gasteiger partial charge in [0.1, 0.15) is 13.2 Å². The number of esters is 3. The molecule has 0 heterocycles. The smallest absolute Gasteiger partial charge is 0.306 e. The minimum atomic E-state index is -0.797. The fraction of sp³-hybridized carbons (Fsp3) is 0.707. The van der Waals surface area contributed by atoms with E-state index in [0.29, 0.717) is 19.3 Å². The summed E-state index contributed by atoms with van der Waals surface area (Å²) in [5.74, 6) is -0.941. The molecule has 0 aliphatic heterocycles. The van der Waals surface area contributed by atoms with Crippen molar-refractivity contribution in [3.05, 3.63) is 85.1 Å². The standard InChI is InChI=1S/C58H98O6/c1-4-7-10-13-16-19-22-25-27-28-29-30-32-33-36-39-42-45-48-51-57(60)63-54-55(53-62-56(59)50-47-44-41-38-35-24-21-18-15-12-9-6-3)64-58(61)52-49-46-43-40-37-34-31-26-23-20-17-14-11-8-5-2/h8,11,16-17,19-20,25-27,29-31,33,36,55H,4-7,9-10,12-15,18,21-24,28,32,34-35,37-54H2,1-3H3/b11-8-,19-16-,20-17-,27-25-,30-29-,31-26-,36-33-/t55-/m0/s1. The Balaban J connectivity index is 4.46. The van der Waals surface area contributed by atoms with Crippen LogP contribution >= 0.6 is 0 Å². The van der Waals surface area contributed by atoms with Crippen molar-refractivity contribution in [1.29, 1.82) is 0 Å². The van der Waals surface area contributed by atoms with Gasteiger partial charge in [-0.05, 0) is 96.3 Å². The SMILES string of the molecule is CC/C=C\C/C=C\C/C=C\CCCCCCCC(=O)O[C@H](COC(=O)CCCCC/C=C\C/C=C\C/C=C\C/C=C\CCCCC)COC(=O)CCCCCCCCCCCCCC. The summed E-state index contributed by atoms with van der Waals surface area (Å²) in [6.45, 7) is 6.45. The molecule has 6 nitrogen and oxygen atoms in total. The van der Waals surface area contributed by atoms with Crippen LogP contribution in [0.3, 0.4) is 0 Å². The third kappa shape index (κ3) is 49.6. The maximum absolute atomic E-state index is 12.8. The van der Waals surface area contributed by atoms with E-state index in [1.165, 1.54) is 83.5 Å². The average molecular weight is 891 g/mol. The molecule has 0 fully saturated rings. The van der Waals surface area contributed by atoms with Gasteiger partial charge in [-0.3, -0.25) is 14.4 Å². The van der Waals surface area contributed by atoms with Gasteiger partial charge >= 0.3 is 17.9 Å². The van der Waals surface area contributed by atoms with E-state index in [9.17, 15) is 14.4 Å². The fourth-order valence-corrected chi connectivity index (χ4v) is 7.15. The Kier molecular flexibility index (Phi) is 49.4. The molecular formula is C58H98O6.